The predicted octanol–water partition coefficient (Wildman–Crippen LogP) is 3.27. The molecule has 0 fully saturated rings. The number of hydrogen-bond acceptors (Lipinski definition) is 4. The van der Waals surface area contributed by atoms with Crippen molar-refractivity contribution in [3.8, 4) is 0 Å². The Bertz CT molecular complexity index is 1110. The van der Waals surface area contributed by atoms with E-state index >= 15 is 0 Å². The van der Waals surface area contributed by atoms with Crippen LogP contribution in [-0.2, 0) is 24.2 Å². The quantitative estimate of drug-likeness (QED) is 0.754. The molecule has 0 saturated carbocycles. The van der Waals surface area contributed by atoms with Gasteiger partial charge < -0.3 is 5.32 Å². The Labute approximate surface area is 161 Å². The molecule has 3 aromatic rings. The number of hydrogen-bond donors (Lipinski definition) is 1. The van der Waals surface area contributed by atoms with Crippen molar-refractivity contribution in [1.29, 1.82) is 0 Å². The number of fused-ring (bicyclic) bond motifs is 2. The van der Waals surface area contributed by atoms with Crippen molar-refractivity contribution in [2.24, 2.45) is 0 Å². The number of aryl methyl sites for hydroxylation is 3. The summed E-state index contributed by atoms with van der Waals surface area (Å²) >= 11 is 5.94. The highest BCUT2D eigenvalue weighted by Crippen LogP contribution is 2.22. The van der Waals surface area contributed by atoms with E-state index in [0.717, 1.165) is 42.5 Å². The zero-order valence-corrected chi connectivity index (χ0v) is 15.7. The van der Waals surface area contributed by atoms with Gasteiger partial charge in [-0.2, -0.15) is 0 Å². The molecule has 4 rings (SSSR count). The second kappa shape index (κ2) is 7.12. The molecule has 0 bridgehead atoms. The van der Waals surface area contributed by atoms with Gasteiger partial charge in [-0.25, -0.2) is 9.97 Å². The third-order valence-corrected chi connectivity index (χ3v) is 5.10. The van der Waals surface area contributed by atoms with Crippen LogP contribution in [-0.4, -0.2) is 20.4 Å². The summed E-state index contributed by atoms with van der Waals surface area (Å²) in [6.07, 6.45) is 5.48. The van der Waals surface area contributed by atoms with Gasteiger partial charge >= 0.3 is 0 Å². The van der Waals surface area contributed by atoms with Crippen LogP contribution in [0, 0.1) is 6.92 Å². The summed E-state index contributed by atoms with van der Waals surface area (Å²) in [6.45, 7) is 1.75. The van der Waals surface area contributed by atoms with Crippen molar-refractivity contribution < 1.29 is 4.79 Å². The predicted molar refractivity (Wildman–Crippen MR) is 105 cm³/mol. The molecule has 1 aromatic carbocycles. The van der Waals surface area contributed by atoms with Crippen LogP contribution in [0.5, 0.6) is 0 Å². The number of anilines is 1. The molecule has 138 valence electrons. The van der Waals surface area contributed by atoms with Crippen molar-refractivity contribution >= 4 is 34.2 Å². The Morgan fingerprint density at radius 2 is 2.07 bits per heavy atom. The zero-order chi connectivity index (χ0) is 19.0. The van der Waals surface area contributed by atoms with Crippen LogP contribution in [0.15, 0.2) is 35.4 Å². The number of halogens is 1. The van der Waals surface area contributed by atoms with Gasteiger partial charge in [0.1, 0.15) is 12.9 Å². The number of carbonyl (C=O) groups is 1. The fraction of sp³-hybridized carbons (Fsp3) is 0.300. The summed E-state index contributed by atoms with van der Waals surface area (Å²) in [5.74, 6) is -0.297. The topological polar surface area (TPSA) is 76.9 Å². The van der Waals surface area contributed by atoms with Gasteiger partial charge in [-0.1, -0.05) is 11.6 Å². The van der Waals surface area contributed by atoms with E-state index in [-0.39, 0.29) is 18.0 Å². The first-order chi connectivity index (χ1) is 13.0. The minimum atomic E-state index is -0.297. The molecule has 0 unspecified atom stereocenters. The number of nitrogens with one attached hydrogen (secondary N) is 1. The van der Waals surface area contributed by atoms with Gasteiger partial charge in [0.25, 0.3) is 5.56 Å². The number of amides is 1. The lowest BCUT2D eigenvalue weighted by molar-refractivity contribution is -0.116. The van der Waals surface area contributed by atoms with Gasteiger partial charge in [-0.15, -0.1) is 0 Å². The number of nitrogens with zero attached hydrogens (tertiary/aromatic N) is 3. The van der Waals surface area contributed by atoms with Crippen LogP contribution < -0.4 is 10.9 Å². The fourth-order valence-corrected chi connectivity index (χ4v) is 3.66. The molecule has 1 aliphatic rings. The average molecular weight is 383 g/mol. The molecule has 0 saturated heterocycles. The largest absolute Gasteiger partial charge is 0.324 e. The highest BCUT2D eigenvalue weighted by molar-refractivity contribution is 6.30. The first kappa shape index (κ1) is 17.7. The van der Waals surface area contributed by atoms with E-state index in [9.17, 15) is 9.59 Å². The van der Waals surface area contributed by atoms with Gasteiger partial charge in [-0.05, 0) is 68.0 Å². The Hall–Kier alpha value is -2.73. The second-order valence-electron chi connectivity index (χ2n) is 6.86. The van der Waals surface area contributed by atoms with Crippen LogP contribution in [0.4, 0.5) is 5.69 Å². The van der Waals surface area contributed by atoms with E-state index in [4.69, 9.17) is 11.6 Å². The van der Waals surface area contributed by atoms with Gasteiger partial charge in [0.05, 0.1) is 5.39 Å². The minimum Gasteiger partial charge on any atom is -0.324 e. The molecule has 2 aromatic heterocycles. The van der Waals surface area contributed by atoms with Gasteiger partial charge in [-0.3, -0.25) is 14.2 Å². The maximum Gasteiger partial charge on any atom is 0.263 e. The zero-order valence-electron chi connectivity index (χ0n) is 15.0. The third-order valence-electron chi connectivity index (χ3n) is 4.87. The highest BCUT2D eigenvalue weighted by Gasteiger charge is 2.15. The molecule has 0 atom stereocenters. The van der Waals surface area contributed by atoms with E-state index in [2.05, 4.69) is 15.3 Å². The molecule has 2 heterocycles. The summed E-state index contributed by atoms with van der Waals surface area (Å²) in [7, 11) is 0. The van der Waals surface area contributed by atoms with Crippen LogP contribution >= 0.6 is 11.6 Å². The van der Waals surface area contributed by atoms with E-state index in [0.29, 0.717) is 21.7 Å². The lowest BCUT2D eigenvalue weighted by Crippen LogP contribution is -2.28. The number of aromatic nitrogens is 3. The normalized spacial score (nSPS) is 13.4. The van der Waals surface area contributed by atoms with E-state index in [1.165, 1.54) is 10.9 Å². The molecule has 6 nitrogen and oxygen atoms in total. The summed E-state index contributed by atoms with van der Waals surface area (Å²) in [5.41, 5.74) is 3.88. The summed E-state index contributed by atoms with van der Waals surface area (Å²) in [4.78, 5) is 34.0. The first-order valence-electron chi connectivity index (χ1n) is 8.95. The minimum absolute atomic E-state index is 0.110. The Kier molecular flexibility index (Phi) is 4.66. The monoisotopic (exact) mass is 382 g/mol. The molecular formula is C20H19ClN4O2. The molecule has 0 spiro atoms. The maximum atomic E-state index is 12.8. The second-order valence-corrected chi connectivity index (χ2v) is 7.29. The summed E-state index contributed by atoms with van der Waals surface area (Å²) in [6, 6.07) is 7.12. The molecule has 1 N–H and O–H groups in total. The van der Waals surface area contributed by atoms with Gasteiger partial charge in [0, 0.05) is 16.4 Å². The fourth-order valence-electron chi connectivity index (χ4n) is 3.43. The van der Waals surface area contributed by atoms with Crippen LogP contribution in [0.1, 0.15) is 29.7 Å². The lowest BCUT2D eigenvalue weighted by Gasteiger charge is -2.15. The van der Waals surface area contributed by atoms with Crippen LogP contribution in [0.25, 0.3) is 11.0 Å². The third kappa shape index (κ3) is 3.57. The van der Waals surface area contributed by atoms with Gasteiger partial charge in [0.2, 0.25) is 5.91 Å². The van der Waals surface area contributed by atoms with Crippen molar-refractivity contribution in [3.63, 3.8) is 0 Å². The molecule has 0 radical (unpaired) electrons. The highest BCUT2D eigenvalue weighted by atomic mass is 35.5. The number of carbonyl (C=O) groups excluding carboxylic acids is 1. The number of pyridine rings is 1. The Morgan fingerprint density at radius 1 is 1.26 bits per heavy atom. The average Bonchev–Trinajstić information content (AvgIpc) is 2.65. The van der Waals surface area contributed by atoms with E-state index in [1.807, 2.05) is 13.0 Å². The van der Waals surface area contributed by atoms with Crippen LogP contribution in [0.3, 0.4) is 0 Å². The number of rotatable bonds is 3. The van der Waals surface area contributed by atoms with E-state index < -0.39 is 0 Å². The van der Waals surface area contributed by atoms with Crippen molar-refractivity contribution in [1.82, 2.24) is 14.5 Å². The lowest BCUT2D eigenvalue weighted by atomic mass is 9.95. The summed E-state index contributed by atoms with van der Waals surface area (Å²) in [5, 5.41) is 3.88. The first-order valence-corrected chi connectivity index (χ1v) is 9.33. The molecule has 1 aliphatic carbocycles. The van der Waals surface area contributed by atoms with Gasteiger partial charge in [0.15, 0.2) is 5.65 Å². The number of benzene rings is 1. The molecular weight excluding hydrogens is 364 g/mol. The van der Waals surface area contributed by atoms with Crippen molar-refractivity contribution in [2.45, 2.75) is 39.2 Å². The van der Waals surface area contributed by atoms with Crippen LogP contribution in [0.2, 0.25) is 5.02 Å². The summed E-state index contributed by atoms with van der Waals surface area (Å²) < 4.78 is 1.32. The van der Waals surface area contributed by atoms with Crippen molar-refractivity contribution in [2.75, 3.05) is 5.32 Å². The van der Waals surface area contributed by atoms with Crippen molar-refractivity contribution in [3.05, 3.63) is 62.8 Å². The Morgan fingerprint density at radius 3 is 2.89 bits per heavy atom. The maximum absolute atomic E-state index is 12.8. The standard InChI is InChI=1S/C20H19ClN4O2/c1-12-8-14(21)6-7-16(12)23-18(26)10-25-11-22-19-15(20(25)27)9-13-4-2-3-5-17(13)24-19/h6-9,11H,2-5,10H2,1H3,(H,23,26). The van der Waals surface area contributed by atoms with E-state index in [1.54, 1.807) is 18.2 Å². The molecule has 7 heteroatoms. The Balaban J connectivity index is 1.61. The smallest absolute Gasteiger partial charge is 0.263 e. The molecule has 0 aliphatic heterocycles. The molecule has 27 heavy (non-hydrogen) atoms. The molecule has 1 amide bonds. The SMILES string of the molecule is Cc1cc(Cl)ccc1NC(=O)Cn1cnc2nc3c(cc2c1=O)CCCC3.